The van der Waals surface area contributed by atoms with Gasteiger partial charge in [-0.25, -0.2) is 0 Å². The van der Waals surface area contributed by atoms with Crippen molar-refractivity contribution in [2.75, 3.05) is 18.0 Å². The maximum atomic E-state index is 12.7. The summed E-state index contributed by atoms with van der Waals surface area (Å²) in [5.74, 6) is 0.730. The van der Waals surface area contributed by atoms with Crippen molar-refractivity contribution in [3.63, 3.8) is 0 Å². The lowest BCUT2D eigenvalue weighted by atomic mass is 9.91. The van der Waals surface area contributed by atoms with Gasteiger partial charge < -0.3 is 20.0 Å². The van der Waals surface area contributed by atoms with Crippen LogP contribution in [0.2, 0.25) is 0 Å². The van der Waals surface area contributed by atoms with Crippen LogP contribution in [0.25, 0.3) is 0 Å². The molecule has 0 aliphatic carbocycles. The zero-order valence-electron chi connectivity index (χ0n) is 17.5. The number of carbonyl (C=O) groups is 2. The first kappa shape index (κ1) is 21.0. The Morgan fingerprint density at radius 2 is 1.83 bits per heavy atom. The van der Waals surface area contributed by atoms with E-state index < -0.39 is 0 Å². The molecule has 0 radical (unpaired) electrons. The van der Waals surface area contributed by atoms with Crippen LogP contribution in [0.1, 0.15) is 56.2 Å². The standard InChI is InChI=1S/C23H31N3O3/c1-23(2,3)15-21(27)25-17-10-12-26(13-11-17)20-9-5-4-8-19(20)22(28)24-16-18-7-6-14-29-18/h4-9,14,17H,10-13,15-16H2,1-3H3,(H,24,28)(H,25,27). The van der Waals surface area contributed by atoms with Gasteiger partial charge in [-0.15, -0.1) is 0 Å². The van der Waals surface area contributed by atoms with Crippen LogP contribution in [0.3, 0.4) is 0 Å². The molecule has 29 heavy (non-hydrogen) atoms. The molecule has 0 atom stereocenters. The Hall–Kier alpha value is -2.76. The fraction of sp³-hybridized carbons (Fsp3) is 0.478. The quantitative estimate of drug-likeness (QED) is 0.779. The average Bonchev–Trinajstić information content (AvgIpc) is 3.19. The maximum Gasteiger partial charge on any atom is 0.253 e. The Bertz CT molecular complexity index is 816. The van der Waals surface area contributed by atoms with Gasteiger partial charge in [0.1, 0.15) is 5.76 Å². The molecule has 1 fully saturated rings. The molecule has 0 unspecified atom stereocenters. The normalized spacial score (nSPS) is 15.2. The van der Waals surface area contributed by atoms with Crippen LogP contribution in [-0.4, -0.2) is 30.9 Å². The lowest BCUT2D eigenvalue weighted by Crippen LogP contribution is -2.45. The first-order chi connectivity index (χ1) is 13.8. The number of amides is 2. The molecule has 0 bridgehead atoms. The summed E-state index contributed by atoms with van der Waals surface area (Å²) in [7, 11) is 0. The second-order valence-electron chi connectivity index (χ2n) is 8.85. The second kappa shape index (κ2) is 9.16. The van der Waals surface area contributed by atoms with Gasteiger partial charge in [-0.3, -0.25) is 9.59 Å². The van der Waals surface area contributed by atoms with Crippen molar-refractivity contribution in [1.82, 2.24) is 10.6 Å². The number of hydrogen-bond acceptors (Lipinski definition) is 4. The van der Waals surface area contributed by atoms with Gasteiger partial charge >= 0.3 is 0 Å². The van der Waals surface area contributed by atoms with E-state index in [9.17, 15) is 9.59 Å². The number of rotatable bonds is 6. The molecule has 2 N–H and O–H groups in total. The van der Waals surface area contributed by atoms with E-state index in [4.69, 9.17) is 4.42 Å². The first-order valence-electron chi connectivity index (χ1n) is 10.3. The number of benzene rings is 1. The van der Waals surface area contributed by atoms with Crippen molar-refractivity contribution in [2.24, 2.45) is 5.41 Å². The lowest BCUT2D eigenvalue weighted by Gasteiger charge is -2.35. The number of carbonyl (C=O) groups excluding carboxylic acids is 2. The van der Waals surface area contributed by atoms with Gasteiger partial charge in [-0.05, 0) is 42.5 Å². The third-order valence-corrected chi connectivity index (χ3v) is 5.04. The van der Waals surface area contributed by atoms with Crippen LogP contribution in [0, 0.1) is 5.41 Å². The van der Waals surface area contributed by atoms with Crippen molar-refractivity contribution >= 4 is 17.5 Å². The Morgan fingerprint density at radius 3 is 2.48 bits per heavy atom. The molecule has 1 aliphatic rings. The Labute approximate surface area is 172 Å². The molecular formula is C23H31N3O3. The summed E-state index contributed by atoms with van der Waals surface area (Å²) in [4.78, 5) is 27.1. The molecule has 1 aliphatic heterocycles. The summed E-state index contributed by atoms with van der Waals surface area (Å²) >= 11 is 0. The third-order valence-electron chi connectivity index (χ3n) is 5.04. The van der Waals surface area contributed by atoms with Crippen molar-refractivity contribution in [3.05, 3.63) is 54.0 Å². The number of anilines is 1. The number of furan rings is 1. The van der Waals surface area contributed by atoms with Crippen molar-refractivity contribution in [1.29, 1.82) is 0 Å². The van der Waals surface area contributed by atoms with Crippen LogP contribution in [0.4, 0.5) is 5.69 Å². The summed E-state index contributed by atoms with van der Waals surface area (Å²) in [6.45, 7) is 8.20. The van der Waals surface area contributed by atoms with Crippen LogP contribution in [0.5, 0.6) is 0 Å². The van der Waals surface area contributed by atoms with Gasteiger partial charge in [0.05, 0.1) is 18.4 Å². The summed E-state index contributed by atoms with van der Waals surface area (Å²) in [5.41, 5.74) is 1.59. The Balaban J connectivity index is 1.57. The van der Waals surface area contributed by atoms with E-state index in [0.29, 0.717) is 18.5 Å². The zero-order valence-corrected chi connectivity index (χ0v) is 17.5. The highest BCUT2D eigenvalue weighted by atomic mass is 16.3. The van der Waals surface area contributed by atoms with E-state index in [-0.39, 0.29) is 23.3 Å². The van der Waals surface area contributed by atoms with Gasteiger partial charge in [0.15, 0.2) is 0 Å². The minimum atomic E-state index is -0.113. The zero-order chi connectivity index (χ0) is 20.9. The van der Waals surface area contributed by atoms with Crippen molar-refractivity contribution in [2.45, 2.75) is 52.6 Å². The number of para-hydroxylation sites is 1. The number of nitrogens with one attached hydrogen (secondary N) is 2. The van der Waals surface area contributed by atoms with Gasteiger partial charge in [0.25, 0.3) is 5.91 Å². The van der Waals surface area contributed by atoms with E-state index in [2.05, 4.69) is 36.3 Å². The molecular weight excluding hydrogens is 366 g/mol. The molecule has 3 rings (SSSR count). The number of hydrogen-bond donors (Lipinski definition) is 2. The molecule has 1 aromatic heterocycles. The highest BCUT2D eigenvalue weighted by Gasteiger charge is 2.25. The van der Waals surface area contributed by atoms with Crippen molar-refractivity contribution < 1.29 is 14.0 Å². The van der Waals surface area contributed by atoms with Crippen LogP contribution in [-0.2, 0) is 11.3 Å². The van der Waals surface area contributed by atoms with Gasteiger partial charge in [-0.1, -0.05) is 32.9 Å². The largest absolute Gasteiger partial charge is 0.467 e. The number of nitrogens with zero attached hydrogens (tertiary/aromatic N) is 1. The first-order valence-corrected chi connectivity index (χ1v) is 10.3. The molecule has 156 valence electrons. The summed E-state index contributed by atoms with van der Waals surface area (Å²) in [6.07, 6.45) is 3.88. The molecule has 6 heteroatoms. The fourth-order valence-electron chi connectivity index (χ4n) is 3.64. The minimum absolute atomic E-state index is 0.00721. The molecule has 0 spiro atoms. The summed E-state index contributed by atoms with van der Waals surface area (Å²) in [5, 5.41) is 6.09. The Kier molecular flexibility index (Phi) is 6.62. The monoisotopic (exact) mass is 397 g/mol. The third kappa shape index (κ3) is 6.11. The van der Waals surface area contributed by atoms with E-state index >= 15 is 0 Å². The predicted molar refractivity (Wildman–Crippen MR) is 114 cm³/mol. The SMILES string of the molecule is CC(C)(C)CC(=O)NC1CCN(c2ccccc2C(=O)NCc2ccco2)CC1. The van der Waals surface area contributed by atoms with Gasteiger partial charge in [0, 0.05) is 31.2 Å². The van der Waals surface area contributed by atoms with E-state index in [1.165, 1.54) is 0 Å². The van der Waals surface area contributed by atoms with E-state index in [1.54, 1.807) is 12.3 Å². The van der Waals surface area contributed by atoms with Crippen LogP contribution in [0.15, 0.2) is 47.1 Å². The summed E-state index contributed by atoms with van der Waals surface area (Å²) < 4.78 is 5.28. The van der Waals surface area contributed by atoms with Crippen LogP contribution < -0.4 is 15.5 Å². The van der Waals surface area contributed by atoms with E-state index in [1.807, 2.05) is 30.3 Å². The number of piperidine rings is 1. The highest BCUT2D eigenvalue weighted by Crippen LogP contribution is 2.25. The van der Waals surface area contributed by atoms with Gasteiger partial charge in [0.2, 0.25) is 5.91 Å². The minimum Gasteiger partial charge on any atom is -0.467 e. The topological polar surface area (TPSA) is 74.6 Å². The lowest BCUT2D eigenvalue weighted by molar-refractivity contribution is -0.123. The molecule has 2 heterocycles. The second-order valence-corrected chi connectivity index (χ2v) is 8.85. The predicted octanol–water partition coefficient (Wildman–Crippen LogP) is 3.73. The highest BCUT2D eigenvalue weighted by molar-refractivity contribution is 5.99. The molecule has 1 saturated heterocycles. The average molecular weight is 398 g/mol. The molecule has 2 amide bonds. The molecule has 2 aromatic rings. The smallest absolute Gasteiger partial charge is 0.253 e. The van der Waals surface area contributed by atoms with Crippen molar-refractivity contribution in [3.8, 4) is 0 Å². The van der Waals surface area contributed by atoms with Gasteiger partial charge in [-0.2, -0.15) is 0 Å². The fourth-order valence-corrected chi connectivity index (χ4v) is 3.64. The molecule has 1 aromatic carbocycles. The maximum absolute atomic E-state index is 12.7. The molecule has 0 saturated carbocycles. The summed E-state index contributed by atoms with van der Waals surface area (Å²) in [6, 6.07) is 11.5. The van der Waals surface area contributed by atoms with Crippen LogP contribution >= 0.6 is 0 Å². The Morgan fingerprint density at radius 1 is 1.10 bits per heavy atom. The van der Waals surface area contributed by atoms with E-state index in [0.717, 1.165) is 37.4 Å². The molecule has 6 nitrogen and oxygen atoms in total.